The Labute approximate surface area is 199 Å². The molecule has 34 heavy (non-hydrogen) atoms. The van der Waals surface area contributed by atoms with Crippen molar-refractivity contribution < 1.29 is 26.8 Å². The standard InChI is InChI=1S/C23H32F2N4O4S/c1-2-21(30)27-17-18-7-12-29(13-8-18)34(32,33)20-5-3-19(4-6-20)22(31)26-11-16-28-14-9-23(24,25)10-15-28/h2-6,18H,1,7-17H2,(H,26,31)(H,27,30). The highest BCUT2D eigenvalue weighted by atomic mass is 32.2. The maximum Gasteiger partial charge on any atom is 0.251 e. The van der Waals surface area contributed by atoms with Gasteiger partial charge in [0.1, 0.15) is 0 Å². The number of piperidine rings is 2. The number of halogens is 2. The first kappa shape index (κ1) is 26.2. The predicted octanol–water partition coefficient (Wildman–Crippen LogP) is 1.85. The van der Waals surface area contributed by atoms with E-state index in [2.05, 4.69) is 17.2 Å². The minimum absolute atomic E-state index is 0.122. The van der Waals surface area contributed by atoms with Crippen LogP contribution >= 0.6 is 0 Å². The lowest BCUT2D eigenvalue weighted by atomic mass is 9.98. The van der Waals surface area contributed by atoms with Gasteiger partial charge in [0.25, 0.3) is 11.8 Å². The lowest BCUT2D eigenvalue weighted by molar-refractivity contribution is -0.116. The fourth-order valence-corrected chi connectivity index (χ4v) is 5.60. The molecule has 2 saturated heterocycles. The topological polar surface area (TPSA) is 98.8 Å². The van der Waals surface area contributed by atoms with Crippen LogP contribution in [0.2, 0.25) is 0 Å². The SMILES string of the molecule is C=CC(=O)NCC1CCN(S(=O)(=O)c2ccc(C(=O)NCCN3CCC(F)(F)CC3)cc2)CC1. The lowest BCUT2D eigenvalue weighted by Crippen LogP contribution is -2.43. The third-order valence-electron chi connectivity index (χ3n) is 6.38. The smallest absolute Gasteiger partial charge is 0.251 e. The monoisotopic (exact) mass is 498 g/mol. The van der Waals surface area contributed by atoms with Crippen molar-refractivity contribution in [3.63, 3.8) is 0 Å². The summed E-state index contributed by atoms with van der Waals surface area (Å²) in [5.74, 6) is -2.97. The van der Waals surface area contributed by atoms with Gasteiger partial charge in [-0.1, -0.05) is 6.58 Å². The molecular formula is C23H32F2N4O4S. The number of sulfonamides is 1. The molecule has 1 aromatic rings. The van der Waals surface area contributed by atoms with E-state index in [0.717, 1.165) is 0 Å². The number of benzene rings is 1. The third-order valence-corrected chi connectivity index (χ3v) is 8.29. The fraction of sp³-hybridized carbons (Fsp3) is 0.565. The van der Waals surface area contributed by atoms with Crippen LogP contribution in [-0.2, 0) is 14.8 Å². The van der Waals surface area contributed by atoms with E-state index in [1.165, 1.54) is 34.6 Å². The molecule has 0 atom stereocenters. The highest BCUT2D eigenvalue weighted by Crippen LogP contribution is 2.27. The first-order chi connectivity index (χ1) is 16.1. The van der Waals surface area contributed by atoms with Crippen LogP contribution in [0.5, 0.6) is 0 Å². The summed E-state index contributed by atoms with van der Waals surface area (Å²) in [6.07, 6.45) is 2.17. The number of carbonyl (C=O) groups is 2. The van der Waals surface area contributed by atoms with E-state index in [1.54, 1.807) is 0 Å². The van der Waals surface area contributed by atoms with E-state index in [9.17, 15) is 26.8 Å². The Kier molecular flexibility index (Phi) is 8.78. The number of hydrogen-bond acceptors (Lipinski definition) is 5. The van der Waals surface area contributed by atoms with Gasteiger partial charge in [-0.3, -0.25) is 9.59 Å². The van der Waals surface area contributed by atoms with Gasteiger partial charge in [-0.05, 0) is 49.1 Å². The molecule has 2 heterocycles. The summed E-state index contributed by atoms with van der Waals surface area (Å²) < 4.78 is 53.8. The minimum atomic E-state index is -3.67. The van der Waals surface area contributed by atoms with Crippen LogP contribution in [0.4, 0.5) is 8.78 Å². The molecule has 0 aliphatic carbocycles. The van der Waals surface area contributed by atoms with Gasteiger partial charge in [0.15, 0.2) is 0 Å². The zero-order valence-electron chi connectivity index (χ0n) is 19.1. The zero-order chi connectivity index (χ0) is 24.8. The van der Waals surface area contributed by atoms with Gasteiger partial charge >= 0.3 is 0 Å². The molecule has 0 saturated carbocycles. The van der Waals surface area contributed by atoms with Crippen LogP contribution < -0.4 is 10.6 Å². The van der Waals surface area contributed by atoms with E-state index < -0.39 is 15.9 Å². The number of carbonyl (C=O) groups excluding carboxylic acids is 2. The number of likely N-dealkylation sites (tertiary alicyclic amines) is 1. The molecule has 3 rings (SSSR count). The second-order valence-corrected chi connectivity index (χ2v) is 10.7. The first-order valence-corrected chi connectivity index (χ1v) is 12.9. The normalized spacial score (nSPS) is 19.9. The van der Waals surface area contributed by atoms with Crippen molar-refractivity contribution >= 4 is 21.8 Å². The first-order valence-electron chi connectivity index (χ1n) is 11.5. The van der Waals surface area contributed by atoms with Crippen molar-refractivity contribution in [1.82, 2.24) is 19.8 Å². The maximum absolute atomic E-state index is 13.2. The van der Waals surface area contributed by atoms with Gasteiger partial charge in [0.05, 0.1) is 4.90 Å². The maximum atomic E-state index is 13.2. The average Bonchev–Trinajstić information content (AvgIpc) is 2.83. The molecule has 2 fully saturated rings. The number of rotatable bonds is 9. The summed E-state index contributed by atoms with van der Waals surface area (Å²) in [5.41, 5.74) is 0.334. The molecule has 1 aromatic carbocycles. The number of nitrogens with zero attached hydrogens (tertiary/aromatic N) is 2. The van der Waals surface area contributed by atoms with Crippen LogP contribution in [0.15, 0.2) is 41.8 Å². The van der Waals surface area contributed by atoms with Crippen molar-refractivity contribution in [2.75, 3.05) is 45.8 Å². The molecule has 0 radical (unpaired) electrons. The zero-order valence-corrected chi connectivity index (χ0v) is 20.0. The molecule has 0 unspecified atom stereocenters. The molecule has 2 aliphatic rings. The Hall–Kier alpha value is -2.37. The lowest BCUT2D eigenvalue weighted by Gasteiger charge is -2.31. The molecule has 188 valence electrons. The van der Waals surface area contributed by atoms with Crippen molar-refractivity contribution in [3.05, 3.63) is 42.5 Å². The van der Waals surface area contributed by atoms with Crippen molar-refractivity contribution in [2.24, 2.45) is 5.92 Å². The minimum Gasteiger partial charge on any atom is -0.352 e. The number of amides is 2. The van der Waals surface area contributed by atoms with Gasteiger partial charge in [0, 0.05) is 64.2 Å². The van der Waals surface area contributed by atoms with Crippen LogP contribution in [0.3, 0.4) is 0 Å². The van der Waals surface area contributed by atoms with Gasteiger partial charge in [-0.15, -0.1) is 0 Å². The van der Waals surface area contributed by atoms with Gasteiger partial charge in [-0.25, -0.2) is 17.2 Å². The Balaban J connectivity index is 1.46. The van der Waals surface area contributed by atoms with Crippen LogP contribution in [0.1, 0.15) is 36.0 Å². The number of alkyl halides is 2. The average molecular weight is 499 g/mol. The molecule has 8 nitrogen and oxygen atoms in total. The van der Waals surface area contributed by atoms with Crippen LogP contribution in [0.25, 0.3) is 0 Å². The quantitative estimate of drug-likeness (QED) is 0.507. The van der Waals surface area contributed by atoms with Gasteiger partial charge in [0.2, 0.25) is 15.9 Å². The Morgan fingerprint density at radius 1 is 1.06 bits per heavy atom. The molecular weight excluding hydrogens is 466 g/mol. The molecule has 2 aliphatic heterocycles. The summed E-state index contributed by atoms with van der Waals surface area (Å²) in [7, 11) is -3.67. The highest BCUT2D eigenvalue weighted by Gasteiger charge is 2.33. The third kappa shape index (κ3) is 7.07. The summed E-state index contributed by atoms with van der Waals surface area (Å²) in [5, 5.41) is 5.50. The summed E-state index contributed by atoms with van der Waals surface area (Å²) in [6.45, 7) is 6.04. The van der Waals surface area contributed by atoms with E-state index in [4.69, 9.17) is 0 Å². The second kappa shape index (κ2) is 11.4. The molecule has 0 spiro atoms. The van der Waals surface area contributed by atoms with Crippen molar-refractivity contribution in [3.8, 4) is 0 Å². The molecule has 2 N–H and O–H groups in total. The van der Waals surface area contributed by atoms with Crippen molar-refractivity contribution in [1.29, 1.82) is 0 Å². The Bertz CT molecular complexity index is 967. The number of hydrogen-bond donors (Lipinski definition) is 2. The van der Waals surface area contributed by atoms with Crippen LogP contribution in [-0.4, -0.2) is 81.2 Å². The summed E-state index contributed by atoms with van der Waals surface area (Å²) >= 11 is 0. The Morgan fingerprint density at radius 2 is 1.68 bits per heavy atom. The highest BCUT2D eigenvalue weighted by molar-refractivity contribution is 7.89. The largest absolute Gasteiger partial charge is 0.352 e. The van der Waals surface area contributed by atoms with E-state index in [0.29, 0.717) is 64.2 Å². The Morgan fingerprint density at radius 3 is 2.26 bits per heavy atom. The summed E-state index contributed by atoms with van der Waals surface area (Å²) in [6, 6.07) is 5.79. The molecule has 11 heteroatoms. The van der Waals surface area contributed by atoms with E-state index in [1.807, 2.05) is 4.90 Å². The summed E-state index contributed by atoms with van der Waals surface area (Å²) in [4.78, 5) is 25.7. The van der Waals surface area contributed by atoms with Crippen LogP contribution in [0, 0.1) is 5.92 Å². The van der Waals surface area contributed by atoms with Crippen molar-refractivity contribution in [2.45, 2.75) is 36.5 Å². The molecule has 0 bridgehead atoms. The van der Waals surface area contributed by atoms with Gasteiger partial charge in [-0.2, -0.15) is 4.31 Å². The molecule has 2 amide bonds. The number of nitrogens with one attached hydrogen (secondary N) is 2. The second-order valence-electron chi connectivity index (χ2n) is 8.77. The van der Waals surface area contributed by atoms with E-state index in [-0.39, 0.29) is 35.5 Å². The predicted molar refractivity (Wildman–Crippen MR) is 124 cm³/mol. The fourth-order valence-electron chi connectivity index (χ4n) is 4.13. The van der Waals surface area contributed by atoms with E-state index >= 15 is 0 Å². The molecule has 0 aromatic heterocycles. The van der Waals surface area contributed by atoms with Gasteiger partial charge < -0.3 is 15.5 Å².